The topological polar surface area (TPSA) is 36.4 Å². The highest BCUT2D eigenvalue weighted by Gasteiger charge is 2.26. The number of rotatable bonds is 4. The minimum absolute atomic E-state index is 0. The lowest BCUT2D eigenvalue weighted by Gasteiger charge is -2.19. The minimum atomic E-state index is -4.13. The summed E-state index contributed by atoms with van der Waals surface area (Å²) < 4.78 is 35.8. The molecule has 3 nitrogen and oxygen atoms in total. The zero-order valence-electron chi connectivity index (χ0n) is 11.3. The van der Waals surface area contributed by atoms with E-state index in [1.165, 1.54) is 0 Å². The molecule has 0 fully saturated rings. The molecule has 0 heterocycles. The van der Waals surface area contributed by atoms with E-state index in [0.29, 0.717) is 12.5 Å². The summed E-state index contributed by atoms with van der Waals surface area (Å²) in [7, 11) is 1.54. The SMILES string of the molecule is CN=C(NCCC(C)(C)C)NCCC(F)(F)F.I. The Morgan fingerprint density at radius 3 is 1.78 bits per heavy atom. The van der Waals surface area contributed by atoms with E-state index in [1.54, 1.807) is 7.05 Å². The highest BCUT2D eigenvalue weighted by atomic mass is 127. The van der Waals surface area contributed by atoms with Crippen molar-refractivity contribution in [1.29, 1.82) is 0 Å². The zero-order valence-corrected chi connectivity index (χ0v) is 13.6. The van der Waals surface area contributed by atoms with Crippen molar-refractivity contribution in [2.24, 2.45) is 10.4 Å². The Hall–Kier alpha value is -0.210. The van der Waals surface area contributed by atoms with Crippen LogP contribution in [0.4, 0.5) is 13.2 Å². The Labute approximate surface area is 124 Å². The van der Waals surface area contributed by atoms with E-state index in [2.05, 4.69) is 36.4 Å². The summed E-state index contributed by atoms with van der Waals surface area (Å²) in [5.41, 5.74) is 0.192. The molecule has 0 rings (SSSR count). The molecule has 0 amide bonds. The number of nitrogens with one attached hydrogen (secondary N) is 2. The Balaban J connectivity index is 0. The molecule has 0 aliphatic carbocycles. The van der Waals surface area contributed by atoms with Crippen LogP contribution in [0.25, 0.3) is 0 Å². The predicted octanol–water partition coefficient (Wildman–Crippen LogP) is 3.16. The molecular formula is C11H23F3IN3. The van der Waals surface area contributed by atoms with Gasteiger partial charge in [-0.1, -0.05) is 20.8 Å². The van der Waals surface area contributed by atoms with Gasteiger partial charge in [0.2, 0.25) is 0 Å². The number of hydrogen-bond acceptors (Lipinski definition) is 1. The van der Waals surface area contributed by atoms with Crippen molar-refractivity contribution in [3.8, 4) is 0 Å². The fraction of sp³-hybridized carbons (Fsp3) is 0.909. The summed E-state index contributed by atoms with van der Waals surface area (Å²) >= 11 is 0. The maximum absolute atomic E-state index is 11.9. The average molecular weight is 381 g/mol. The van der Waals surface area contributed by atoms with E-state index in [1.807, 2.05) is 0 Å². The van der Waals surface area contributed by atoms with Crippen molar-refractivity contribution in [3.63, 3.8) is 0 Å². The van der Waals surface area contributed by atoms with Gasteiger partial charge in [0.1, 0.15) is 0 Å². The summed E-state index contributed by atoms with van der Waals surface area (Å²) in [5, 5.41) is 5.61. The summed E-state index contributed by atoms with van der Waals surface area (Å²) in [6.45, 7) is 6.85. The molecule has 0 saturated carbocycles. The van der Waals surface area contributed by atoms with E-state index >= 15 is 0 Å². The van der Waals surface area contributed by atoms with Crippen LogP contribution in [-0.2, 0) is 0 Å². The fourth-order valence-corrected chi connectivity index (χ4v) is 1.10. The molecule has 0 aromatic heterocycles. The zero-order chi connectivity index (χ0) is 13.5. The van der Waals surface area contributed by atoms with Gasteiger partial charge in [-0.15, -0.1) is 24.0 Å². The Kier molecular flexibility index (Phi) is 9.85. The third-order valence-corrected chi connectivity index (χ3v) is 2.09. The molecule has 110 valence electrons. The first-order valence-electron chi connectivity index (χ1n) is 5.65. The van der Waals surface area contributed by atoms with E-state index in [9.17, 15) is 13.2 Å². The first-order chi connectivity index (χ1) is 7.64. The van der Waals surface area contributed by atoms with Crippen molar-refractivity contribution in [1.82, 2.24) is 10.6 Å². The molecule has 0 saturated heterocycles. The summed E-state index contributed by atoms with van der Waals surface area (Å²) in [4.78, 5) is 3.85. The van der Waals surface area contributed by atoms with Gasteiger partial charge in [0.25, 0.3) is 0 Å². The highest BCUT2D eigenvalue weighted by Crippen LogP contribution is 2.18. The normalized spacial score (nSPS) is 12.9. The first-order valence-corrected chi connectivity index (χ1v) is 5.65. The quantitative estimate of drug-likeness (QED) is 0.446. The summed E-state index contributed by atoms with van der Waals surface area (Å²) in [6.07, 6.45) is -4.06. The lowest BCUT2D eigenvalue weighted by molar-refractivity contribution is -0.132. The molecule has 0 radical (unpaired) electrons. The van der Waals surface area contributed by atoms with Gasteiger partial charge in [-0.25, -0.2) is 0 Å². The molecule has 0 atom stereocenters. The number of aliphatic imine (C=N–C) groups is 1. The first kappa shape index (κ1) is 20.1. The molecule has 0 aliphatic heterocycles. The molecule has 18 heavy (non-hydrogen) atoms. The molecule has 0 aromatic rings. The van der Waals surface area contributed by atoms with Crippen LogP contribution in [0.15, 0.2) is 4.99 Å². The Morgan fingerprint density at radius 1 is 1.00 bits per heavy atom. The molecule has 0 spiro atoms. The third kappa shape index (κ3) is 13.9. The van der Waals surface area contributed by atoms with Crippen LogP contribution in [0.1, 0.15) is 33.6 Å². The third-order valence-electron chi connectivity index (χ3n) is 2.09. The van der Waals surface area contributed by atoms with Crippen LogP contribution in [0.3, 0.4) is 0 Å². The highest BCUT2D eigenvalue weighted by molar-refractivity contribution is 14.0. The fourth-order valence-electron chi connectivity index (χ4n) is 1.10. The van der Waals surface area contributed by atoms with Crippen LogP contribution < -0.4 is 10.6 Å². The van der Waals surface area contributed by atoms with Gasteiger partial charge >= 0.3 is 6.18 Å². The van der Waals surface area contributed by atoms with E-state index in [4.69, 9.17) is 0 Å². The maximum atomic E-state index is 11.9. The van der Waals surface area contributed by atoms with Crippen LogP contribution in [0.2, 0.25) is 0 Å². The van der Waals surface area contributed by atoms with Gasteiger partial charge in [0.05, 0.1) is 6.42 Å². The van der Waals surface area contributed by atoms with Crippen molar-refractivity contribution in [2.75, 3.05) is 20.1 Å². The predicted molar refractivity (Wildman–Crippen MR) is 79.5 cm³/mol. The Morgan fingerprint density at radius 2 is 1.44 bits per heavy atom. The maximum Gasteiger partial charge on any atom is 0.390 e. The van der Waals surface area contributed by atoms with Gasteiger partial charge in [-0.3, -0.25) is 4.99 Å². The van der Waals surface area contributed by atoms with Crippen LogP contribution >= 0.6 is 24.0 Å². The molecular weight excluding hydrogens is 358 g/mol. The minimum Gasteiger partial charge on any atom is -0.356 e. The number of alkyl halides is 3. The van der Waals surface area contributed by atoms with Crippen molar-refractivity contribution < 1.29 is 13.2 Å². The summed E-state index contributed by atoms with van der Waals surface area (Å²) in [6, 6.07) is 0. The smallest absolute Gasteiger partial charge is 0.356 e. The van der Waals surface area contributed by atoms with Gasteiger partial charge in [-0.05, 0) is 11.8 Å². The molecule has 7 heteroatoms. The van der Waals surface area contributed by atoms with Crippen LogP contribution in [0, 0.1) is 5.41 Å². The van der Waals surface area contributed by atoms with Crippen molar-refractivity contribution >= 4 is 29.9 Å². The van der Waals surface area contributed by atoms with Crippen molar-refractivity contribution in [3.05, 3.63) is 0 Å². The van der Waals surface area contributed by atoms with E-state index in [-0.39, 0.29) is 35.9 Å². The number of nitrogens with zero attached hydrogens (tertiary/aromatic N) is 1. The van der Waals surface area contributed by atoms with E-state index in [0.717, 1.165) is 6.42 Å². The summed E-state index contributed by atoms with van der Waals surface area (Å²) in [5.74, 6) is 0.415. The second-order valence-corrected chi connectivity index (χ2v) is 5.10. The van der Waals surface area contributed by atoms with Crippen molar-refractivity contribution in [2.45, 2.75) is 39.8 Å². The second kappa shape index (κ2) is 8.82. The average Bonchev–Trinajstić information content (AvgIpc) is 2.11. The largest absolute Gasteiger partial charge is 0.390 e. The van der Waals surface area contributed by atoms with Gasteiger partial charge in [0.15, 0.2) is 5.96 Å². The molecule has 2 N–H and O–H groups in total. The molecule has 0 bridgehead atoms. The monoisotopic (exact) mass is 381 g/mol. The number of halogens is 4. The van der Waals surface area contributed by atoms with E-state index < -0.39 is 12.6 Å². The van der Waals surface area contributed by atoms with Crippen LogP contribution in [-0.4, -0.2) is 32.3 Å². The number of hydrogen-bond donors (Lipinski definition) is 2. The van der Waals surface area contributed by atoms with Gasteiger partial charge < -0.3 is 10.6 Å². The number of guanidine groups is 1. The standard InChI is InChI=1S/C11H22F3N3.HI/c1-10(2,3)5-7-16-9(15-4)17-8-6-11(12,13)14;/h5-8H2,1-4H3,(H2,15,16,17);1H. The van der Waals surface area contributed by atoms with Crippen LogP contribution in [0.5, 0.6) is 0 Å². The second-order valence-electron chi connectivity index (χ2n) is 5.10. The van der Waals surface area contributed by atoms with Gasteiger partial charge in [0, 0.05) is 20.1 Å². The lowest BCUT2D eigenvalue weighted by atomic mass is 9.92. The Bertz CT molecular complexity index is 225. The molecule has 0 unspecified atom stereocenters. The molecule has 0 aromatic carbocycles. The van der Waals surface area contributed by atoms with Gasteiger partial charge in [-0.2, -0.15) is 13.2 Å². The lowest BCUT2D eigenvalue weighted by Crippen LogP contribution is -2.40. The molecule has 0 aliphatic rings.